The topological polar surface area (TPSA) is 284 Å². The molecule has 2 aliphatic heterocycles. The maximum atomic E-state index is 13.1. The Morgan fingerprint density at radius 2 is 1.07 bits per heavy atom. The van der Waals surface area contributed by atoms with Crippen LogP contribution < -0.4 is 30.7 Å². The second-order valence-corrected chi connectivity index (χ2v) is 17.7. The number of furan rings is 2. The van der Waals surface area contributed by atoms with Crippen molar-refractivity contribution in [1.29, 1.82) is 0 Å². The van der Waals surface area contributed by atoms with Crippen molar-refractivity contribution < 1.29 is 37.4 Å². The molecular weight excluding hydrogens is 981 g/mol. The van der Waals surface area contributed by atoms with E-state index in [4.69, 9.17) is 39.2 Å². The fourth-order valence-corrected chi connectivity index (χ4v) is 9.01. The maximum Gasteiger partial charge on any atom is 0.244 e. The number of carbonyl (C=O) groups excluding carboxylic acids is 2. The van der Waals surface area contributed by atoms with Crippen molar-refractivity contribution in [2.75, 3.05) is 114 Å². The van der Waals surface area contributed by atoms with E-state index >= 15 is 0 Å². The standard InChI is InChI=1S/2C25H27N9O4/c1-36-13-14-37-18-6-4-17(5-7-18)31-8-10-32(11-9-31)21(35)16-33-23-19(15-27-33)24-28-22(20-3-2-12-38-20)30-34(24)25(26)29-23;1-36-13-14-37-18-6-4-17(5-7-18)31-8-10-32(11-9-31)21(35)16-33-15-19-22(29-33)28-25(26)34-24(19)27-23(30-34)20-3-2-12-38-20/h2-7,12,15H,8-11,13-14,16H2,1H3,(H2,26,29);2-7,12,15H,8-11,13-14,16H2,1H3,(H2,26,28,29). The molecule has 0 spiro atoms. The Morgan fingerprint density at radius 3 is 1.57 bits per heavy atom. The Morgan fingerprint density at radius 1 is 0.566 bits per heavy atom. The third-order valence-electron chi connectivity index (χ3n) is 13.0. The Hall–Kier alpha value is -9.30. The van der Waals surface area contributed by atoms with Gasteiger partial charge in [0.25, 0.3) is 0 Å². The van der Waals surface area contributed by atoms with Crippen LogP contribution in [0.3, 0.4) is 0 Å². The summed E-state index contributed by atoms with van der Waals surface area (Å²) in [5.74, 6) is 3.70. The highest BCUT2D eigenvalue weighted by molar-refractivity contribution is 5.92. The molecule has 26 heteroatoms. The lowest BCUT2D eigenvalue weighted by Crippen LogP contribution is -2.49. The lowest BCUT2D eigenvalue weighted by atomic mass is 10.2. The Balaban J connectivity index is 0.000000162. The van der Waals surface area contributed by atoms with Crippen molar-refractivity contribution in [2.24, 2.45) is 0 Å². The van der Waals surface area contributed by atoms with Gasteiger partial charge in [0.05, 0.1) is 42.7 Å². The molecule has 4 N–H and O–H groups in total. The number of hydrogen-bond donors (Lipinski definition) is 2. The number of nitrogens with zero attached hydrogens (tertiary/aromatic N) is 16. The first kappa shape index (κ1) is 48.9. The van der Waals surface area contributed by atoms with Gasteiger partial charge in [0.2, 0.25) is 35.4 Å². The zero-order valence-corrected chi connectivity index (χ0v) is 41.7. The molecule has 2 aliphatic rings. The number of methoxy groups -OCH3 is 2. The van der Waals surface area contributed by atoms with Crippen molar-refractivity contribution in [3.63, 3.8) is 0 Å². The minimum atomic E-state index is -0.0328. The van der Waals surface area contributed by atoms with Crippen LogP contribution in [0.15, 0.2) is 107 Å². The molecule has 0 unspecified atom stereocenters. The molecule has 0 saturated carbocycles. The van der Waals surface area contributed by atoms with Gasteiger partial charge in [0, 0.05) is 84.1 Å². The molecule has 2 saturated heterocycles. The number of nitrogens with two attached hydrogens (primary N) is 2. The molecule has 12 rings (SSSR count). The number of ether oxygens (including phenoxy) is 4. The van der Waals surface area contributed by atoms with Crippen molar-refractivity contribution >= 4 is 68.4 Å². The van der Waals surface area contributed by atoms with Gasteiger partial charge in [0.1, 0.15) is 37.8 Å². The van der Waals surface area contributed by atoms with Gasteiger partial charge in [0.15, 0.2) is 34.1 Å². The molecule has 2 fully saturated rings. The molecule has 2 amide bonds. The van der Waals surface area contributed by atoms with Crippen LogP contribution in [0.1, 0.15) is 0 Å². The first-order chi connectivity index (χ1) is 37.2. The van der Waals surface area contributed by atoms with Crippen LogP contribution in [0.5, 0.6) is 11.5 Å². The minimum Gasteiger partial charge on any atom is -0.491 e. The molecule has 26 nitrogen and oxygen atoms in total. The summed E-state index contributed by atoms with van der Waals surface area (Å²) in [6, 6.07) is 23.0. The van der Waals surface area contributed by atoms with Crippen LogP contribution in [-0.2, 0) is 32.2 Å². The summed E-state index contributed by atoms with van der Waals surface area (Å²) in [4.78, 5) is 52.3. The quantitative estimate of drug-likeness (QED) is 0.131. The smallest absolute Gasteiger partial charge is 0.244 e. The highest BCUT2D eigenvalue weighted by Gasteiger charge is 2.26. The number of anilines is 4. The van der Waals surface area contributed by atoms with E-state index in [2.05, 4.69) is 50.1 Å². The van der Waals surface area contributed by atoms with Crippen molar-refractivity contribution in [1.82, 2.24) is 68.5 Å². The van der Waals surface area contributed by atoms with Crippen LogP contribution in [0.25, 0.3) is 56.5 Å². The molecule has 10 aromatic rings. The number of amides is 2. The van der Waals surface area contributed by atoms with Gasteiger partial charge >= 0.3 is 0 Å². The summed E-state index contributed by atoms with van der Waals surface area (Å²) in [5.41, 5.74) is 16.3. The van der Waals surface area contributed by atoms with Crippen LogP contribution in [0.4, 0.5) is 23.3 Å². The first-order valence-corrected chi connectivity index (χ1v) is 24.5. The fraction of sp³-hybridized carbons (Fsp3) is 0.320. The highest BCUT2D eigenvalue weighted by Crippen LogP contribution is 2.27. The molecule has 8 aromatic heterocycles. The average molecular weight is 1040 g/mol. The average Bonchev–Trinajstić information content (AvgIpc) is 4.37. The van der Waals surface area contributed by atoms with E-state index in [0.29, 0.717) is 109 Å². The third kappa shape index (κ3) is 10.3. The van der Waals surface area contributed by atoms with Gasteiger partial charge < -0.3 is 58.8 Å². The summed E-state index contributed by atoms with van der Waals surface area (Å²) >= 11 is 0. The van der Waals surface area contributed by atoms with E-state index in [0.717, 1.165) is 49.1 Å². The second kappa shape index (κ2) is 21.7. The number of piperazine rings is 2. The van der Waals surface area contributed by atoms with Crippen LogP contribution in [-0.4, -0.2) is 173 Å². The minimum absolute atomic E-state index is 0.0129. The van der Waals surface area contributed by atoms with Gasteiger partial charge in [-0.3, -0.25) is 14.3 Å². The lowest BCUT2D eigenvalue weighted by molar-refractivity contribution is -0.133. The largest absolute Gasteiger partial charge is 0.491 e. The first-order valence-electron chi connectivity index (χ1n) is 24.5. The number of fused-ring (bicyclic) bond motifs is 6. The third-order valence-corrected chi connectivity index (χ3v) is 13.0. The van der Waals surface area contributed by atoms with Crippen molar-refractivity contribution in [3.8, 4) is 34.7 Å². The molecule has 2 aromatic carbocycles. The summed E-state index contributed by atoms with van der Waals surface area (Å²) < 4.78 is 38.1. The normalized spacial score (nSPS) is 14.0. The molecule has 0 bridgehead atoms. The van der Waals surface area contributed by atoms with Gasteiger partial charge in [-0.25, -0.2) is 14.6 Å². The zero-order chi connectivity index (χ0) is 52.1. The second-order valence-electron chi connectivity index (χ2n) is 17.7. The summed E-state index contributed by atoms with van der Waals surface area (Å²) in [7, 11) is 3.30. The van der Waals surface area contributed by atoms with Gasteiger partial charge in [-0.1, -0.05) is 0 Å². The number of nitrogen functional groups attached to an aromatic ring is 2. The maximum absolute atomic E-state index is 13.1. The van der Waals surface area contributed by atoms with E-state index < -0.39 is 0 Å². The van der Waals surface area contributed by atoms with Crippen molar-refractivity contribution in [3.05, 3.63) is 97.7 Å². The fourth-order valence-electron chi connectivity index (χ4n) is 9.01. The predicted molar refractivity (Wildman–Crippen MR) is 278 cm³/mol. The van der Waals surface area contributed by atoms with E-state index in [-0.39, 0.29) is 36.8 Å². The molecule has 0 atom stereocenters. The SMILES string of the molecule is COCCOc1ccc(N2CCN(C(=O)Cn3cc4c(nc(N)n5nc(-c6ccco6)nc45)n3)CC2)cc1.COCCOc1ccc(N2CCN(C(=O)Cn3ncc4c3nc(N)n3nc(-c5ccco5)nc43)CC2)cc1. The zero-order valence-electron chi connectivity index (χ0n) is 41.7. The monoisotopic (exact) mass is 1030 g/mol. The highest BCUT2D eigenvalue weighted by atomic mass is 16.5. The number of benzene rings is 2. The Bertz CT molecular complexity index is 3500. The Labute approximate surface area is 432 Å². The number of aromatic nitrogens is 12. The van der Waals surface area contributed by atoms with Crippen LogP contribution in [0, 0.1) is 0 Å². The van der Waals surface area contributed by atoms with E-state index in [1.54, 1.807) is 72.8 Å². The van der Waals surface area contributed by atoms with Crippen LogP contribution in [0.2, 0.25) is 0 Å². The molecule has 0 aliphatic carbocycles. The van der Waals surface area contributed by atoms with Crippen LogP contribution >= 0.6 is 0 Å². The summed E-state index contributed by atoms with van der Waals surface area (Å²) in [6.45, 7) is 7.69. The Kier molecular flexibility index (Phi) is 13.9. The molecule has 10 heterocycles. The van der Waals surface area contributed by atoms with E-state index in [9.17, 15) is 9.59 Å². The molecule has 76 heavy (non-hydrogen) atoms. The van der Waals surface area contributed by atoms with Crippen molar-refractivity contribution in [2.45, 2.75) is 13.1 Å². The number of hydrogen-bond acceptors (Lipinski definition) is 20. The summed E-state index contributed by atoms with van der Waals surface area (Å²) in [5, 5.41) is 19.0. The van der Waals surface area contributed by atoms with Gasteiger partial charge in [-0.2, -0.15) is 29.2 Å². The molecule has 0 radical (unpaired) electrons. The van der Waals surface area contributed by atoms with Gasteiger partial charge in [-0.05, 0) is 72.8 Å². The summed E-state index contributed by atoms with van der Waals surface area (Å²) in [6.07, 6.45) is 6.49. The number of rotatable bonds is 16. The lowest BCUT2D eigenvalue weighted by Gasteiger charge is -2.36. The van der Waals surface area contributed by atoms with Gasteiger partial charge in [-0.15, -0.1) is 10.2 Å². The predicted octanol–water partition coefficient (Wildman–Crippen LogP) is 3.38. The van der Waals surface area contributed by atoms with E-state index in [1.807, 2.05) is 58.3 Å². The number of carbonyl (C=O) groups is 2. The molecular formula is C50H54N18O8. The van der Waals surface area contributed by atoms with E-state index in [1.165, 1.54) is 9.03 Å². The molecule has 392 valence electrons.